The van der Waals surface area contributed by atoms with Gasteiger partial charge in [0.2, 0.25) is 10.0 Å². The van der Waals surface area contributed by atoms with Gasteiger partial charge in [-0.2, -0.15) is 9.61 Å². The summed E-state index contributed by atoms with van der Waals surface area (Å²) in [5.41, 5.74) is -0.429. The lowest BCUT2D eigenvalue weighted by molar-refractivity contribution is 0.509. The Morgan fingerprint density at radius 3 is 2.50 bits per heavy atom. The van der Waals surface area contributed by atoms with Crippen LogP contribution in [0.15, 0.2) is 38.8 Å². The van der Waals surface area contributed by atoms with E-state index >= 15 is 0 Å². The molecule has 3 aromatic rings. The lowest BCUT2D eigenvalue weighted by Crippen LogP contribution is -2.53. The molecule has 0 saturated heterocycles. The number of hydrogen-bond acceptors (Lipinski definition) is 8. The maximum atomic E-state index is 13.4. The van der Waals surface area contributed by atoms with E-state index in [0.717, 1.165) is 16.8 Å². The number of sulfonamides is 2. The molecular formula is C20H24N6O6S2. The zero-order valence-electron chi connectivity index (χ0n) is 18.9. The van der Waals surface area contributed by atoms with Gasteiger partial charge in [0.05, 0.1) is 17.6 Å². The molecule has 0 bridgehead atoms. The maximum Gasteiger partial charge on any atom is 0.289 e. The molecule has 0 unspecified atom stereocenters. The molecule has 1 aromatic carbocycles. The number of aryl methyl sites for hydroxylation is 2. The largest absolute Gasteiger partial charge is 0.339 e. The van der Waals surface area contributed by atoms with Crippen LogP contribution in [0.3, 0.4) is 0 Å². The minimum atomic E-state index is -4.24. The number of nitrogens with zero attached hydrogens (tertiary/aromatic N) is 3. The first-order chi connectivity index (χ1) is 15.8. The number of hydrogen-bond donors (Lipinski definition) is 3. The zero-order valence-corrected chi connectivity index (χ0v) is 20.5. The van der Waals surface area contributed by atoms with Crippen molar-refractivity contribution in [2.45, 2.75) is 38.6 Å². The highest BCUT2D eigenvalue weighted by molar-refractivity contribution is 7.92. The van der Waals surface area contributed by atoms with Crippen molar-refractivity contribution in [3.8, 4) is 0 Å². The number of rotatable bonds is 5. The van der Waals surface area contributed by atoms with E-state index in [1.54, 1.807) is 13.0 Å². The summed E-state index contributed by atoms with van der Waals surface area (Å²) in [5.74, 6) is -0.00778. The number of benzene rings is 1. The van der Waals surface area contributed by atoms with Crippen molar-refractivity contribution in [2.75, 3.05) is 16.3 Å². The second-order valence-corrected chi connectivity index (χ2v) is 12.0. The molecule has 0 saturated carbocycles. The molecule has 1 aliphatic rings. The van der Waals surface area contributed by atoms with E-state index in [2.05, 4.69) is 19.9 Å². The topological polar surface area (TPSA) is 161 Å². The molecular weight excluding hydrogens is 484 g/mol. The van der Waals surface area contributed by atoms with Gasteiger partial charge in [-0.25, -0.2) is 16.8 Å². The lowest BCUT2D eigenvalue weighted by Gasteiger charge is -2.23. The predicted octanol–water partition coefficient (Wildman–Crippen LogP) is -0.229. The van der Waals surface area contributed by atoms with Crippen molar-refractivity contribution in [3.05, 3.63) is 55.9 Å². The van der Waals surface area contributed by atoms with Crippen molar-refractivity contribution in [1.82, 2.24) is 18.9 Å². The summed E-state index contributed by atoms with van der Waals surface area (Å²) in [6, 6.07) is 5.48. The van der Waals surface area contributed by atoms with Crippen LogP contribution >= 0.6 is 0 Å². The third-order valence-electron chi connectivity index (χ3n) is 5.21. The quantitative estimate of drug-likeness (QED) is 0.426. The van der Waals surface area contributed by atoms with Crippen LogP contribution in [0.25, 0.3) is 11.5 Å². The monoisotopic (exact) mass is 508 g/mol. The van der Waals surface area contributed by atoms with Gasteiger partial charge in [-0.1, -0.05) is 13.8 Å². The molecule has 0 aliphatic carbocycles. The van der Waals surface area contributed by atoms with E-state index in [4.69, 9.17) is 0 Å². The van der Waals surface area contributed by atoms with Crippen LogP contribution in [0.4, 0.5) is 11.4 Å². The number of nitrogens with one attached hydrogen (secondary N) is 3. The molecule has 0 amide bonds. The molecule has 34 heavy (non-hydrogen) atoms. The molecule has 182 valence electrons. The van der Waals surface area contributed by atoms with Crippen molar-refractivity contribution in [3.63, 3.8) is 0 Å². The van der Waals surface area contributed by atoms with Crippen molar-refractivity contribution in [2.24, 2.45) is 5.92 Å². The highest BCUT2D eigenvalue weighted by atomic mass is 32.2. The van der Waals surface area contributed by atoms with Gasteiger partial charge < -0.3 is 5.32 Å². The van der Waals surface area contributed by atoms with Crippen molar-refractivity contribution >= 4 is 42.9 Å². The Balaban J connectivity index is 1.96. The van der Waals surface area contributed by atoms with Crippen LogP contribution in [0.5, 0.6) is 0 Å². The minimum absolute atomic E-state index is 0.0471. The fourth-order valence-corrected chi connectivity index (χ4v) is 5.45. The number of fused-ring (bicyclic) bond motifs is 2. The van der Waals surface area contributed by atoms with Gasteiger partial charge in [-0.15, -0.1) is 0 Å². The summed E-state index contributed by atoms with van der Waals surface area (Å²) < 4.78 is 55.9. The van der Waals surface area contributed by atoms with Gasteiger partial charge in [0.1, 0.15) is 21.6 Å². The van der Waals surface area contributed by atoms with Crippen molar-refractivity contribution < 1.29 is 16.8 Å². The average molecular weight is 509 g/mol. The summed E-state index contributed by atoms with van der Waals surface area (Å²) in [6.45, 7) is 6.01. The first-order valence-corrected chi connectivity index (χ1v) is 13.7. The smallest absolute Gasteiger partial charge is 0.289 e. The minimum Gasteiger partial charge on any atom is -0.339 e. The third-order valence-corrected chi connectivity index (χ3v) is 7.20. The molecule has 2 aromatic heterocycles. The molecule has 14 heteroatoms. The number of anilines is 2. The molecule has 0 atom stereocenters. The van der Waals surface area contributed by atoms with E-state index in [0.29, 0.717) is 24.3 Å². The Hall–Kier alpha value is -3.39. The molecule has 0 fully saturated rings. The second kappa shape index (κ2) is 8.13. The molecule has 1 aliphatic heterocycles. The Kier molecular flexibility index (Phi) is 5.68. The summed E-state index contributed by atoms with van der Waals surface area (Å²) in [5, 5.41) is 6.59. The molecule has 0 radical (unpaired) electrons. The maximum absolute atomic E-state index is 13.4. The standard InChI is InChI=1S/C20H24N6O6S2/c1-11(2)7-8-25-16-9-12(3)22-26(16)20(28)17(19(25)27)18-21-14-6-5-13(23-33(4,29)30)10-15(14)34(31,32)24-18/h5-6,9-11,21,23-24H,7-8H2,1-4H3/b18-17-. The van der Waals surface area contributed by atoms with Crippen LogP contribution in [0, 0.1) is 12.8 Å². The van der Waals surface area contributed by atoms with Crippen LogP contribution in [0.1, 0.15) is 26.0 Å². The lowest BCUT2D eigenvalue weighted by atomic mass is 10.1. The Labute approximate surface area is 195 Å². The summed E-state index contributed by atoms with van der Waals surface area (Å²) in [7, 11) is -7.87. The van der Waals surface area contributed by atoms with Gasteiger partial charge >= 0.3 is 0 Å². The Morgan fingerprint density at radius 1 is 1.15 bits per heavy atom. The summed E-state index contributed by atoms with van der Waals surface area (Å²) >= 11 is 0. The molecule has 12 nitrogen and oxygen atoms in total. The van der Waals surface area contributed by atoms with Gasteiger partial charge in [-0.05, 0) is 37.5 Å². The van der Waals surface area contributed by atoms with Gasteiger partial charge in [0.15, 0.2) is 0 Å². The predicted molar refractivity (Wildman–Crippen MR) is 127 cm³/mol. The molecule has 3 heterocycles. The van der Waals surface area contributed by atoms with Gasteiger partial charge in [-0.3, -0.25) is 23.6 Å². The Morgan fingerprint density at radius 2 is 1.85 bits per heavy atom. The molecule has 0 spiro atoms. The second-order valence-electron chi connectivity index (χ2n) is 8.57. The fourth-order valence-electron chi connectivity index (χ4n) is 3.67. The normalized spacial score (nSPS) is 16.7. The summed E-state index contributed by atoms with van der Waals surface area (Å²) in [6.07, 6.45) is 1.60. The van der Waals surface area contributed by atoms with Gasteiger partial charge in [0.25, 0.3) is 21.1 Å². The van der Waals surface area contributed by atoms with Crippen LogP contribution < -0.4 is 31.1 Å². The van der Waals surface area contributed by atoms with E-state index in [-0.39, 0.29) is 28.0 Å². The van der Waals surface area contributed by atoms with E-state index in [1.165, 1.54) is 16.7 Å². The molecule has 3 N–H and O–H groups in total. The highest BCUT2D eigenvalue weighted by Gasteiger charge is 2.29. The molecule has 4 rings (SSSR count). The SMILES string of the molecule is Cc1cc2n(CCC(C)C)c(=O)/c(=C3\Nc4ccc(NS(C)(=O)=O)cc4S(=O)(=O)N3)c(=O)n2n1. The third kappa shape index (κ3) is 4.37. The number of aromatic nitrogens is 3. The van der Waals surface area contributed by atoms with Crippen LogP contribution in [0.2, 0.25) is 0 Å². The fraction of sp³-hybridized carbons (Fsp3) is 0.350. The highest BCUT2D eigenvalue weighted by Crippen LogP contribution is 2.30. The summed E-state index contributed by atoms with van der Waals surface area (Å²) in [4.78, 5) is 26.4. The van der Waals surface area contributed by atoms with Crippen LogP contribution in [-0.2, 0) is 26.6 Å². The zero-order chi connectivity index (χ0) is 25.0. The van der Waals surface area contributed by atoms with Crippen LogP contribution in [-0.4, -0.2) is 37.3 Å². The van der Waals surface area contributed by atoms with E-state index < -0.39 is 36.4 Å². The van der Waals surface area contributed by atoms with Crippen molar-refractivity contribution in [1.29, 1.82) is 0 Å². The van der Waals surface area contributed by atoms with E-state index in [9.17, 15) is 26.4 Å². The Bertz CT molecular complexity index is 1700. The first-order valence-electron chi connectivity index (χ1n) is 10.4. The average Bonchev–Trinajstić information content (AvgIpc) is 3.08. The van der Waals surface area contributed by atoms with E-state index in [1.807, 2.05) is 13.8 Å². The first kappa shape index (κ1) is 23.8. The van der Waals surface area contributed by atoms with Gasteiger partial charge in [0, 0.05) is 18.3 Å².